The van der Waals surface area contributed by atoms with E-state index in [4.69, 9.17) is 0 Å². The van der Waals surface area contributed by atoms with Crippen LogP contribution in [0.15, 0.2) is 12.1 Å². The van der Waals surface area contributed by atoms with Crippen LogP contribution in [0, 0.1) is 17.5 Å². The van der Waals surface area contributed by atoms with Crippen molar-refractivity contribution in [2.75, 3.05) is 0 Å². The van der Waals surface area contributed by atoms with Crippen LogP contribution in [0.2, 0.25) is 0 Å². The molecule has 0 unspecified atom stereocenters. The quantitative estimate of drug-likeness (QED) is 0.669. The number of hydrogen-bond acceptors (Lipinski definition) is 1. The second-order valence-electron chi connectivity index (χ2n) is 3.28. The topological polar surface area (TPSA) is 20.2 Å². The number of benzene rings is 1. The minimum absolute atomic E-state index is 0.273. The molecule has 1 aromatic carbocycles. The van der Waals surface area contributed by atoms with Gasteiger partial charge >= 0.3 is 0 Å². The summed E-state index contributed by atoms with van der Waals surface area (Å²) in [6, 6.07) is 1.30. The average molecular weight is 188 g/mol. The molecule has 1 fully saturated rings. The van der Waals surface area contributed by atoms with E-state index in [1.807, 2.05) is 0 Å². The molecule has 0 atom stereocenters. The van der Waals surface area contributed by atoms with Gasteiger partial charge in [-0.15, -0.1) is 0 Å². The van der Waals surface area contributed by atoms with Gasteiger partial charge < -0.3 is 5.11 Å². The van der Waals surface area contributed by atoms with E-state index in [0.29, 0.717) is 18.9 Å². The maximum atomic E-state index is 13.0. The van der Waals surface area contributed by atoms with Gasteiger partial charge in [0.1, 0.15) is 5.82 Å². The smallest absolute Gasteiger partial charge is 0.165 e. The molecule has 2 rings (SSSR count). The average Bonchev–Trinajstić information content (AvgIpc) is 2.77. The van der Waals surface area contributed by atoms with Gasteiger partial charge in [0.25, 0.3) is 0 Å². The highest BCUT2D eigenvalue weighted by molar-refractivity contribution is 5.30. The highest BCUT2D eigenvalue weighted by Gasteiger charge is 2.45. The van der Waals surface area contributed by atoms with Crippen molar-refractivity contribution in [3.63, 3.8) is 0 Å². The van der Waals surface area contributed by atoms with E-state index in [2.05, 4.69) is 0 Å². The first kappa shape index (κ1) is 8.56. The fourth-order valence-electron chi connectivity index (χ4n) is 1.28. The summed E-state index contributed by atoms with van der Waals surface area (Å²) in [6.07, 6.45) is 0.708. The van der Waals surface area contributed by atoms with Crippen molar-refractivity contribution in [2.24, 2.45) is 0 Å². The van der Waals surface area contributed by atoms with Gasteiger partial charge in [0.15, 0.2) is 11.6 Å². The molecule has 0 radical (unpaired) electrons. The molecule has 0 aromatic heterocycles. The molecule has 1 aliphatic rings. The molecule has 70 valence electrons. The summed E-state index contributed by atoms with van der Waals surface area (Å²) >= 11 is 0. The summed E-state index contributed by atoms with van der Waals surface area (Å²) in [4.78, 5) is 0. The van der Waals surface area contributed by atoms with Gasteiger partial charge in [-0.25, -0.2) is 13.2 Å². The number of aliphatic hydroxyl groups is 1. The molecule has 0 bridgehead atoms. The Morgan fingerprint density at radius 1 is 1.15 bits per heavy atom. The Hall–Kier alpha value is -1.03. The molecular weight excluding hydrogens is 181 g/mol. The standard InChI is InChI=1S/C9H7F3O/c10-5-3-6(9(13)1-2-9)8(12)7(11)4-5/h3-4,13H,1-2H2. The molecule has 0 spiro atoms. The van der Waals surface area contributed by atoms with Crippen LogP contribution in [0.5, 0.6) is 0 Å². The van der Waals surface area contributed by atoms with Crippen molar-refractivity contribution in [3.05, 3.63) is 35.1 Å². The lowest BCUT2D eigenvalue weighted by Gasteiger charge is -2.09. The largest absolute Gasteiger partial charge is 0.385 e. The van der Waals surface area contributed by atoms with Crippen molar-refractivity contribution in [1.29, 1.82) is 0 Å². The minimum Gasteiger partial charge on any atom is -0.385 e. The van der Waals surface area contributed by atoms with Crippen molar-refractivity contribution >= 4 is 0 Å². The predicted molar refractivity (Wildman–Crippen MR) is 39.4 cm³/mol. The molecule has 1 aliphatic carbocycles. The van der Waals surface area contributed by atoms with Crippen LogP contribution in [-0.2, 0) is 5.60 Å². The fourth-order valence-corrected chi connectivity index (χ4v) is 1.28. The van der Waals surface area contributed by atoms with Crippen molar-refractivity contribution in [2.45, 2.75) is 18.4 Å². The molecule has 0 amide bonds. The van der Waals surface area contributed by atoms with Gasteiger partial charge in [-0.1, -0.05) is 0 Å². The third-order valence-electron chi connectivity index (χ3n) is 2.22. The van der Waals surface area contributed by atoms with Gasteiger partial charge in [-0.05, 0) is 18.9 Å². The molecule has 0 heterocycles. The van der Waals surface area contributed by atoms with E-state index in [9.17, 15) is 18.3 Å². The fraction of sp³-hybridized carbons (Fsp3) is 0.333. The van der Waals surface area contributed by atoms with Crippen molar-refractivity contribution < 1.29 is 18.3 Å². The molecule has 1 N–H and O–H groups in total. The van der Waals surface area contributed by atoms with Crippen molar-refractivity contribution in [1.82, 2.24) is 0 Å². The molecule has 1 nitrogen and oxygen atoms in total. The summed E-state index contributed by atoms with van der Waals surface area (Å²) in [5.41, 5.74) is -1.61. The Balaban J connectivity index is 2.56. The molecule has 4 heteroatoms. The van der Waals surface area contributed by atoms with Gasteiger partial charge in [0.05, 0.1) is 5.60 Å². The van der Waals surface area contributed by atoms with Crippen LogP contribution in [0.3, 0.4) is 0 Å². The van der Waals surface area contributed by atoms with Crippen LogP contribution in [0.4, 0.5) is 13.2 Å². The van der Waals surface area contributed by atoms with E-state index in [1.165, 1.54) is 0 Å². The van der Waals surface area contributed by atoms with Gasteiger partial charge in [-0.2, -0.15) is 0 Å². The predicted octanol–water partition coefficient (Wildman–Crippen LogP) is 2.09. The summed E-state index contributed by atoms with van der Waals surface area (Å²) in [5, 5.41) is 9.46. The van der Waals surface area contributed by atoms with Crippen LogP contribution >= 0.6 is 0 Å². The third kappa shape index (κ3) is 1.31. The third-order valence-corrected chi connectivity index (χ3v) is 2.22. The Morgan fingerprint density at radius 3 is 2.31 bits per heavy atom. The first-order valence-electron chi connectivity index (χ1n) is 3.90. The number of hydrogen-bond donors (Lipinski definition) is 1. The van der Waals surface area contributed by atoms with Gasteiger partial charge in [0, 0.05) is 11.6 Å². The molecule has 13 heavy (non-hydrogen) atoms. The van der Waals surface area contributed by atoms with E-state index < -0.39 is 23.1 Å². The summed E-state index contributed by atoms with van der Waals surface area (Å²) in [5.74, 6) is -3.27. The number of rotatable bonds is 1. The first-order chi connectivity index (χ1) is 6.03. The van der Waals surface area contributed by atoms with E-state index in [-0.39, 0.29) is 5.56 Å². The van der Waals surface area contributed by atoms with E-state index >= 15 is 0 Å². The molecule has 1 saturated carbocycles. The Kier molecular flexibility index (Phi) is 1.63. The Morgan fingerprint density at radius 2 is 1.77 bits per heavy atom. The Bertz CT molecular complexity index is 358. The molecule has 0 aliphatic heterocycles. The van der Waals surface area contributed by atoms with Crippen LogP contribution in [0.1, 0.15) is 18.4 Å². The van der Waals surface area contributed by atoms with E-state index in [1.54, 1.807) is 0 Å². The maximum absolute atomic E-state index is 13.0. The SMILES string of the molecule is OC1(c2cc(F)cc(F)c2F)CC1. The number of halogens is 3. The normalized spacial score (nSPS) is 18.8. The molecule has 1 aromatic rings. The maximum Gasteiger partial charge on any atom is 0.165 e. The molecule has 0 saturated heterocycles. The van der Waals surface area contributed by atoms with Crippen LogP contribution < -0.4 is 0 Å². The summed E-state index contributed by atoms with van der Waals surface area (Å²) in [7, 11) is 0. The highest BCUT2D eigenvalue weighted by Crippen LogP contribution is 2.46. The Labute approximate surface area is 72.8 Å². The minimum atomic E-state index is -1.34. The molecular formula is C9H7F3O. The zero-order valence-corrected chi connectivity index (χ0v) is 6.65. The second kappa shape index (κ2) is 2.48. The first-order valence-corrected chi connectivity index (χ1v) is 3.90. The highest BCUT2D eigenvalue weighted by atomic mass is 19.2. The lowest BCUT2D eigenvalue weighted by atomic mass is 10.1. The van der Waals surface area contributed by atoms with Gasteiger partial charge in [0.2, 0.25) is 0 Å². The summed E-state index contributed by atoms with van der Waals surface area (Å²) in [6.45, 7) is 0. The monoisotopic (exact) mass is 188 g/mol. The lowest BCUT2D eigenvalue weighted by molar-refractivity contribution is 0.145. The van der Waals surface area contributed by atoms with Crippen molar-refractivity contribution in [3.8, 4) is 0 Å². The van der Waals surface area contributed by atoms with E-state index in [0.717, 1.165) is 6.07 Å². The zero-order chi connectivity index (χ0) is 9.64. The lowest BCUT2D eigenvalue weighted by Crippen LogP contribution is -2.09. The second-order valence-corrected chi connectivity index (χ2v) is 3.28. The van der Waals surface area contributed by atoms with Gasteiger partial charge in [-0.3, -0.25) is 0 Å². The summed E-state index contributed by atoms with van der Waals surface area (Å²) < 4.78 is 38.3. The van der Waals surface area contributed by atoms with Crippen LogP contribution in [0.25, 0.3) is 0 Å². The van der Waals surface area contributed by atoms with Crippen LogP contribution in [-0.4, -0.2) is 5.11 Å². The zero-order valence-electron chi connectivity index (χ0n) is 6.65.